The summed E-state index contributed by atoms with van der Waals surface area (Å²) in [7, 11) is 0. The molecule has 0 fully saturated rings. The minimum absolute atomic E-state index is 0.0489. The smallest absolute Gasteiger partial charge is 0.258 e. The number of carbonyl (C=O) groups is 3. The Labute approximate surface area is 220 Å². The van der Waals surface area contributed by atoms with Gasteiger partial charge in [0.1, 0.15) is 18.2 Å². The molecule has 0 aromatic heterocycles. The van der Waals surface area contributed by atoms with Crippen molar-refractivity contribution in [2.24, 2.45) is 0 Å². The molecule has 0 saturated carbocycles. The van der Waals surface area contributed by atoms with Gasteiger partial charge in [-0.1, -0.05) is 44.7 Å². The summed E-state index contributed by atoms with van der Waals surface area (Å²) in [5.74, 6) is 0.0341. The number of hydrogen-bond acceptors (Lipinski definition) is 6. The maximum absolute atomic E-state index is 12.6. The SMILES string of the molecule is C=CCOc1ccc(C(C)(C)c2ccc(SCC=C)c(N3C(=O)C=CC3=O)c2)cc1N1C(=N)C=CC1=O. The number of carbonyl (C=O) groups excluding carboxylic acids is 3. The fourth-order valence-electron chi connectivity index (χ4n) is 4.17. The molecule has 2 aromatic rings. The quantitative estimate of drug-likeness (QED) is 0.269. The Morgan fingerprint density at radius 3 is 2.05 bits per heavy atom. The van der Waals surface area contributed by atoms with Gasteiger partial charge in [0, 0.05) is 34.3 Å². The van der Waals surface area contributed by atoms with Crippen molar-refractivity contribution in [1.82, 2.24) is 0 Å². The first-order chi connectivity index (χ1) is 17.7. The first-order valence-electron chi connectivity index (χ1n) is 11.6. The van der Waals surface area contributed by atoms with Crippen LogP contribution < -0.4 is 14.5 Å². The molecule has 4 rings (SSSR count). The Kier molecular flexibility index (Phi) is 7.31. The van der Waals surface area contributed by atoms with Crippen LogP contribution in [-0.2, 0) is 19.8 Å². The number of hydrogen-bond donors (Lipinski definition) is 1. The number of benzene rings is 2. The highest BCUT2D eigenvalue weighted by Crippen LogP contribution is 2.42. The third kappa shape index (κ3) is 4.93. The first-order valence-corrected chi connectivity index (χ1v) is 12.6. The van der Waals surface area contributed by atoms with Crippen molar-refractivity contribution in [1.29, 1.82) is 5.41 Å². The zero-order valence-electron chi connectivity index (χ0n) is 20.7. The topological polar surface area (TPSA) is 90.8 Å². The van der Waals surface area contributed by atoms with Gasteiger partial charge in [-0.3, -0.25) is 24.7 Å². The van der Waals surface area contributed by atoms with Crippen molar-refractivity contribution in [3.05, 3.63) is 97.1 Å². The van der Waals surface area contributed by atoms with E-state index in [-0.39, 0.29) is 30.2 Å². The summed E-state index contributed by atoms with van der Waals surface area (Å²) in [6, 6.07) is 11.3. The summed E-state index contributed by atoms with van der Waals surface area (Å²) in [4.78, 5) is 40.9. The minimum Gasteiger partial charge on any atom is -0.487 e. The summed E-state index contributed by atoms with van der Waals surface area (Å²) >= 11 is 1.49. The number of ether oxygens (including phenoxy) is 1. The molecule has 7 nitrogen and oxygen atoms in total. The van der Waals surface area contributed by atoms with E-state index in [9.17, 15) is 14.4 Å². The lowest BCUT2D eigenvalue weighted by Gasteiger charge is -2.30. The van der Waals surface area contributed by atoms with Crippen LogP contribution in [0.15, 0.2) is 90.9 Å². The number of rotatable bonds is 10. The van der Waals surface area contributed by atoms with Gasteiger partial charge in [-0.2, -0.15) is 0 Å². The molecule has 2 aliphatic rings. The monoisotopic (exact) mass is 513 g/mol. The predicted octanol–water partition coefficient (Wildman–Crippen LogP) is 5.16. The summed E-state index contributed by atoms with van der Waals surface area (Å²) in [5, 5.41) is 8.24. The van der Waals surface area contributed by atoms with Crippen LogP contribution in [0.25, 0.3) is 0 Å². The highest BCUT2D eigenvalue weighted by Gasteiger charge is 2.32. The van der Waals surface area contributed by atoms with Gasteiger partial charge in [0.05, 0.1) is 11.4 Å². The fraction of sp³-hybridized carbons (Fsp3) is 0.172. The molecule has 0 aliphatic carbocycles. The predicted molar refractivity (Wildman–Crippen MR) is 148 cm³/mol. The van der Waals surface area contributed by atoms with Crippen LogP contribution in [0.5, 0.6) is 5.75 Å². The van der Waals surface area contributed by atoms with Crippen LogP contribution in [-0.4, -0.2) is 35.9 Å². The number of nitrogens with one attached hydrogen (secondary N) is 1. The molecule has 0 unspecified atom stereocenters. The highest BCUT2D eigenvalue weighted by molar-refractivity contribution is 7.99. The molecule has 8 heteroatoms. The van der Waals surface area contributed by atoms with Crippen LogP contribution in [0.1, 0.15) is 25.0 Å². The van der Waals surface area contributed by atoms with E-state index < -0.39 is 5.41 Å². The van der Waals surface area contributed by atoms with E-state index in [1.54, 1.807) is 18.2 Å². The zero-order valence-corrected chi connectivity index (χ0v) is 21.5. The Bertz CT molecular complexity index is 1250. The lowest BCUT2D eigenvalue weighted by molar-refractivity contribution is -0.120. The molecule has 2 heterocycles. The molecule has 0 bridgehead atoms. The van der Waals surface area contributed by atoms with Crippen LogP contribution in [0.2, 0.25) is 0 Å². The van der Waals surface area contributed by atoms with Crippen LogP contribution in [0.4, 0.5) is 11.4 Å². The van der Waals surface area contributed by atoms with Gasteiger partial charge in [-0.25, -0.2) is 4.90 Å². The summed E-state index contributed by atoms with van der Waals surface area (Å²) < 4.78 is 5.80. The third-order valence-electron chi connectivity index (χ3n) is 6.21. The molecular formula is C29H27N3O4S. The standard InChI is InChI=1S/C29H27N3O4S/c1-5-15-36-23-9-7-19(17-21(23)31-25(30)11-12-26(31)33)29(3,4)20-8-10-24(37-16-6-2)22(18-20)32-27(34)13-14-28(32)35/h5-14,17-18,30H,1-2,15-16H2,3-4H3. The average molecular weight is 514 g/mol. The second-order valence-corrected chi connectivity index (χ2v) is 9.99. The summed E-state index contributed by atoms with van der Waals surface area (Å²) in [5.41, 5.74) is 2.10. The molecule has 0 atom stereocenters. The molecule has 2 aliphatic heterocycles. The first kappa shape index (κ1) is 25.9. The normalized spacial score (nSPS) is 15.2. The van der Waals surface area contributed by atoms with E-state index in [2.05, 4.69) is 13.2 Å². The molecule has 2 aromatic carbocycles. The largest absolute Gasteiger partial charge is 0.487 e. The molecular weight excluding hydrogens is 486 g/mol. The van der Waals surface area contributed by atoms with Gasteiger partial charge in [0.2, 0.25) is 0 Å². The van der Waals surface area contributed by atoms with Gasteiger partial charge in [0.25, 0.3) is 17.7 Å². The number of imide groups is 1. The number of amides is 3. The van der Waals surface area contributed by atoms with Crippen molar-refractivity contribution in [3.8, 4) is 5.75 Å². The number of anilines is 2. The zero-order chi connectivity index (χ0) is 26.7. The van der Waals surface area contributed by atoms with Crippen molar-refractivity contribution in [2.75, 3.05) is 22.2 Å². The minimum atomic E-state index is -0.597. The van der Waals surface area contributed by atoms with Crippen molar-refractivity contribution in [2.45, 2.75) is 24.2 Å². The van der Waals surface area contributed by atoms with Crippen molar-refractivity contribution in [3.63, 3.8) is 0 Å². The van der Waals surface area contributed by atoms with Gasteiger partial charge in [-0.05, 0) is 41.5 Å². The maximum Gasteiger partial charge on any atom is 0.258 e. The number of amidine groups is 1. The van der Waals surface area contributed by atoms with E-state index in [1.165, 1.54) is 45.9 Å². The summed E-state index contributed by atoms with van der Waals surface area (Å²) in [6.45, 7) is 11.7. The van der Waals surface area contributed by atoms with E-state index in [1.807, 2.05) is 44.2 Å². The van der Waals surface area contributed by atoms with Gasteiger partial charge in [-0.15, -0.1) is 18.3 Å². The maximum atomic E-state index is 12.6. The lowest BCUT2D eigenvalue weighted by Crippen LogP contribution is -2.31. The van der Waals surface area contributed by atoms with Crippen LogP contribution in [0.3, 0.4) is 0 Å². The second kappa shape index (κ2) is 10.4. The lowest BCUT2D eigenvalue weighted by atomic mass is 9.77. The molecule has 0 spiro atoms. The third-order valence-corrected chi connectivity index (χ3v) is 7.27. The Morgan fingerprint density at radius 2 is 1.46 bits per heavy atom. The molecule has 0 radical (unpaired) electrons. The van der Waals surface area contributed by atoms with E-state index in [0.717, 1.165) is 16.0 Å². The van der Waals surface area contributed by atoms with E-state index in [4.69, 9.17) is 10.1 Å². The van der Waals surface area contributed by atoms with E-state index >= 15 is 0 Å². The highest BCUT2D eigenvalue weighted by atomic mass is 32.2. The number of thioether (sulfide) groups is 1. The molecule has 0 saturated heterocycles. The Hall–Kier alpha value is -4.17. The van der Waals surface area contributed by atoms with Crippen molar-refractivity contribution >= 4 is 46.7 Å². The molecule has 188 valence electrons. The van der Waals surface area contributed by atoms with Crippen LogP contribution in [0, 0.1) is 5.41 Å². The summed E-state index contributed by atoms with van der Waals surface area (Å²) in [6.07, 6.45) is 8.71. The van der Waals surface area contributed by atoms with Gasteiger partial charge < -0.3 is 4.74 Å². The fourth-order valence-corrected chi connectivity index (χ4v) is 4.93. The Balaban J connectivity index is 1.80. The average Bonchev–Trinajstić information content (AvgIpc) is 3.40. The van der Waals surface area contributed by atoms with Crippen LogP contribution >= 0.6 is 11.8 Å². The van der Waals surface area contributed by atoms with Gasteiger partial charge in [0.15, 0.2) is 0 Å². The molecule has 37 heavy (non-hydrogen) atoms. The molecule has 1 N–H and O–H groups in total. The van der Waals surface area contributed by atoms with Crippen molar-refractivity contribution < 1.29 is 19.1 Å². The van der Waals surface area contributed by atoms with Gasteiger partial charge >= 0.3 is 0 Å². The van der Waals surface area contributed by atoms with E-state index in [0.29, 0.717) is 22.9 Å². The number of nitrogens with zero attached hydrogens (tertiary/aromatic N) is 2. The molecule has 3 amide bonds. The second-order valence-electron chi connectivity index (χ2n) is 8.93. The Morgan fingerprint density at radius 1 is 0.865 bits per heavy atom.